The number of aromatic nitrogens is 1. The largest absolute Gasteiger partial charge is 0.416 e. The van der Waals surface area contributed by atoms with Crippen molar-refractivity contribution in [3.05, 3.63) is 77.1 Å². The molecule has 0 fully saturated rings. The average Bonchev–Trinajstić information content (AvgIpc) is 3.10. The number of alkyl halides is 3. The number of nitrogens with two attached hydrogens (primary N) is 1. The Bertz CT molecular complexity index is 1530. The van der Waals surface area contributed by atoms with E-state index in [2.05, 4.69) is 41.5 Å². The summed E-state index contributed by atoms with van der Waals surface area (Å²) in [5.41, 5.74) is 9.01. The van der Waals surface area contributed by atoms with Crippen molar-refractivity contribution in [3.8, 4) is 0 Å². The van der Waals surface area contributed by atoms with Gasteiger partial charge in [-0.3, -0.25) is 14.6 Å². The number of rotatable bonds is 13. The molecule has 296 valence electrons. The second kappa shape index (κ2) is 27.7. The van der Waals surface area contributed by atoms with Crippen LogP contribution in [0, 0.1) is 18.3 Å². The number of benzene rings is 2. The Kier molecular flexibility index (Phi) is 26.2. The van der Waals surface area contributed by atoms with Gasteiger partial charge in [0.2, 0.25) is 12.3 Å². The van der Waals surface area contributed by atoms with E-state index in [-0.39, 0.29) is 24.5 Å². The highest BCUT2D eigenvalue weighted by molar-refractivity contribution is 5.99. The highest BCUT2D eigenvalue weighted by Gasteiger charge is 2.30. The third-order valence-electron chi connectivity index (χ3n) is 6.82. The first-order valence-electron chi connectivity index (χ1n) is 18.0. The average molecular weight is 745 g/mol. The van der Waals surface area contributed by atoms with Gasteiger partial charge >= 0.3 is 6.18 Å². The molecule has 3 rings (SSSR count). The molecule has 5 N–H and O–H groups in total. The van der Waals surface area contributed by atoms with Gasteiger partial charge in [0.1, 0.15) is 5.69 Å². The van der Waals surface area contributed by atoms with Crippen molar-refractivity contribution in [2.75, 3.05) is 37.0 Å². The normalized spacial score (nSPS) is 10.2. The number of unbranched alkanes of at least 4 members (excludes halogenated alkanes) is 1. The van der Waals surface area contributed by atoms with Gasteiger partial charge in [0.05, 0.1) is 35.4 Å². The number of pyridine rings is 1. The Morgan fingerprint density at radius 1 is 1.06 bits per heavy atom. The summed E-state index contributed by atoms with van der Waals surface area (Å²) in [7, 11) is 3.78. The van der Waals surface area contributed by atoms with E-state index in [0.717, 1.165) is 34.9 Å². The molecule has 1 heterocycles. The van der Waals surface area contributed by atoms with Gasteiger partial charge in [0, 0.05) is 38.2 Å². The Labute approximate surface area is 316 Å². The van der Waals surface area contributed by atoms with Gasteiger partial charge in [0.25, 0.3) is 0 Å². The van der Waals surface area contributed by atoms with Crippen LogP contribution in [0.5, 0.6) is 0 Å². The number of amides is 2. The Morgan fingerprint density at radius 3 is 2.13 bits per heavy atom. The number of nitrogen functional groups attached to an aromatic ring is 1. The number of nitrogens with zero attached hydrogens (tertiary/aromatic N) is 4. The van der Waals surface area contributed by atoms with E-state index in [1.807, 2.05) is 61.7 Å². The summed E-state index contributed by atoms with van der Waals surface area (Å²) in [5, 5.41) is 18.9. The van der Waals surface area contributed by atoms with Crippen molar-refractivity contribution in [2.24, 2.45) is 11.0 Å². The highest BCUT2D eigenvalue weighted by Crippen LogP contribution is 2.31. The molecule has 0 unspecified atom stereocenters. The third-order valence-corrected chi connectivity index (χ3v) is 6.82. The number of hydrogen-bond donors (Lipinski definition) is 4. The molecule has 0 saturated carbocycles. The Morgan fingerprint density at radius 2 is 1.68 bits per heavy atom. The molecule has 53 heavy (non-hydrogen) atoms. The fourth-order valence-corrected chi connectivity index (χ4v) is 4.36. The molecule has 0 spiro atoms. The van der Waals surface area contributed by atoms with Gasteiger partial charge in [0.15, 0.2) is 0 Å². The summed E-state index contributed by atoms with van der Waals surface area (Å²) in [6.45, 7) is 19.9. The van der Waals surface area contributed by atoms with Crippen LogP contribution in [0.25, 0.3) is 0 Å². The number of hydrazone groups is 1. The van der Waals surface area contributed by atoms with Crippen LogP contribution in [-0.4, -0.2) is 59.8 Å². The smallest absolute Gasteiger partial charge is 0.397 e. The topological polar surface area (TPSA) is 140 Å². The Hall–Kier alpha value is -4.94. The maximum atomic E-state index is 12.9. The lowest BCUT2D eigenvalue weighted by Crippen LogP contribution is -2.32. The molecular formula is C40H63F3N8O2. The van der Waals surface area contributed by atoms with Crippen molar-refractivity contribution in [1.29, 1.82) is 5.41 Å². The van der Waals surface area contributed by atoms with Crippen LogP contribution in [0.4, 0.5) is 35.9 Å². The molecular weight excluding hydrogens is 681 g/mol. The van der Waals surface area contributed by atoms with E-state index >= 15 is 0 Å². The number of halogens is 3. The zero-order valence-corrected chi connectivity index (χ0v) is 33.8. The summed E-state index contributed by atoms with van der Waals surface area (Å²) in [4.78, 5) is 29.4. The van der Waals surface area contributed by atoms with E-state index in [4.69, 9.17) is 11.1 Å². The van der Waals surface area contributed by atoms with E-state index in [0.29, 0.717) is 23.5 Å². The number of hydrogen-bond acceptors (Lipinski definition) is 8. The molecule has 0 saturated heterocycles. The second-order valence-electron chi connectivity index (χ2n) is 11.9. The minimum atomic E-state index is -4.53. The SMILES string of the molecule is C/C=N\N(C)C.CC.CC.CC(=N)c1ncc(Nc2cccc(CN(C=O)CC(=O)Nc3cccc(C(F)(F)F)c3)c2C)cc1N.CCCCC(C)C. The van der Waals surface area contributed by atoms with E-state index in [1.165, 1.54) is 36.3 Å². The van der Waals surface area contributed by atoms with Crippen LogP contribution in [0.15, 0.2) is 59.8 Å². The van der Waals surface area contributed by atoms with Gasteiger partial charge < -0.3 is 31.7 Å². The molecule has 13 heteroatoms. The monoisotopic (exact) mass is 745 g/mol. The lowest BCUT2D eigenvalue weighted by atomic mass is 10.1. The van der Waals surface area contributed by atoms with E-state index < -0.39 is 17.6 Å². The summed E-state index contributed by atoms with van der Waals surface area (Å²) in [6, 6.07) is 11.4. The van der Waals surface area contributed by atoms with Crippen LogP contribution < -0.4 is 16.4 Å². The number of nitrogens with one attached hydrogen (secondary N) is 3. The lowest BCUT2D eigenvalue weighted by molar-refractivity contribution is -0.137. The molecule has 2 aromatic carbocycles. The predicted octanol–water partition coefficient (Wildman–Crippen LogP) is 10.2. The minimum absolute atomic E-state index is 0.0137. The molecule has 3 aromatic rings. The molecule has 0 aliphatic rings. The molecule has 0 radical (unpaired) electrons. The van der Waals surface area contributed by atoms with Crippen molar-refractivity contribution >= 4 is 47.0 Å². The molecule has 10 nitrogen and oxygen atoms in total. The molecule has 0 aliphatic heterocycles. The van der Waals surface area contributed by atoms with Gasteiger partial charge in [-0.15, -0.1) is 0 Å². The van der Waals surface area contributed by atoms with E-state index in [1.54, 1.807) is 42.5 Å². The fraction of sp³-hybridized carbons (Fsp3) is 0.475. The third kappa shape index (κ3) is 21.2. The first-order chi connectivity index (χ1) is 25.0. The first kappa shape index (κ1) is 50.2. The highest BCUT2D eigenvalue weighted by atomic mass is 19.4. The van der Waals surface area contributed by atoms with Crippen LogP contribution in [-0.2, 0) is 22.3 Å². The Balaban J connectivity index is 0. The summed E-state index contributed by atoms with van der Waals surface area (Å²) in [6.07, 6.45) is 3.43. The maximum Gasteiger partial charge on any atom is 0.416 e. The first-order valence-corrected chi connectivity index (χ1v) is 18.0. The minimum Gasteiger partial charge on any atom is -0.397 e. The number of carbonyl (C=O) groups excluding carboxylic acids is 2. The lowest BCUT2D eigenvalue weighted by Gasteiger charge is -2.20. The van der Waals surface area contributed by atoms with Crippen LogP contribution in [0.3, 0.4) is 0 Å². The number of carbonyl (C=O) groups is 2. The summed E-state index contributed by atoms with van der Waals surface area (Å²) >= 11 is 0. The molecule has 1 aromatic heterocycles. The molecule has 0 aliphatic carbocycles. The quantitative estimate of drug-likeness (QED) is 0.0780. The fourth-order valence-electron chi connectivity index (χ4n) is 4.36. The van der Waals surface area contributed by atoms with Gasteiger partial charge in [-0.25, -0.2) is 0 Å². The van der Waals surface area contributed by atoms with Crippen LogP contribution >= 0.6 is 0 Å². The van der Waals surface area contributed by atoms with Crippen molar-refractivity contribution < 1.29 is 22.8 Å². The molecule has 0 atom stereocenters. The van der Waals surface area contributed by atoms with Gasteiger partial charge in [-0.05, 0) is 68.1 Å². The number of anilines is 4. The van der Waals surface area contributed by atoms with Crippen LogP contribution in [0.1, 0.15) is 104 Å². The summed E-state index contributed by atoms with van der Waals surface area (Å²) in [5.74, 6) is 0.274. The zero-order valence-electron chi connectivity index (χ0n) is 33.8. The molecule has 2 amide bonds. The molecule has 0 bridgehead atoms. The predicted molar refractivity (Wildman–Crippen MR) is 217 cm³/mol. The van der Waals surface area contributed by atoms with Gasteiger partial charge in [-0.1, -0.05) is 85.9 Å². The summed E-state index contributed by atoms with van der Waals surface area (Å²) < 4.78 is 38.7. The van der Waals surface area contributed by atoms with Crippen molar-refractivity contribution in [3.63, 3.8) is 0 Å². The standard InChI is InChI=1S/C25H25F3N6O2.C7H16.C4H10N2.2C2H6/c1-15-17(5-3-8-22(15)32-20-10-21(30)24(16(2)29)31-11-20)12-34(14-35)13-23(36)33-19-7-4-6-18(9-19)25(26,27)28;1-4-5-6-7(2)3;1-4-5-6(2)3;2*1-2/h3-11,14,29,32H,12-13,30H2,1-2H3,(H,33,36);7H,4-6H2,1-3H3;4H,1-3H3;2*1-2H3/b;;5-4-;;. The van der Waals surface area contributed by atoms with Crippen LogP contribution in [0.2, 0.25) is 0 Å². The zero-order chi connectivity index (χ0) is 41.1. The second-order valence-corrected chi connectivity index (χ2v) is 11.9. The van der Waals surface area contributed by atoms with Crippen molar-refractivity contribution in [2.45, 2.75) is 101 Å². The van der Waals surface area contributed by atoms with E-state index in [9.17, 15) is 22.8 Å². The maximum absolute atomic E-state index is 12.9. The van der Waals surface area contributed by atoms with Crippen molar-refractivity contribution in [1.82, 2.24) is 14.9 Å². The van der Waals surface area contributed by atoms with Gasteiger partial charge in [-0.2, -0.15) is 18.3 Å².